The first-order chi connectivity index (χ1) is 17.7. The molecule has 1 unspecified atom stereocenters. The Morgan fingerprint density at radius 2 is 1.67 bits per heavy atom. The van der Waals surface area contributed by atoms with Crippen LogP contribution in [0.4, 0.5) is 0 Å². The molecular formula is C29H30N4O3. The first kappa shape index (κ1) is 23.6. The number of aromatic nitrogens is 4. The quantitative estimate of drug-likeness (QED) is 0.222. The van der Waals surface area contributed by atoms with Crippen LogP contribution in [0.5, 0.6) is 5.75 Å². The number of oxazole rings is 1. The van der Waals surface area contributed by atoms with Gasteiger partial charge in [0.15, 0.2) is 0 Å². The zero-order chi connectivity index (χ0) is 24.7. The lowest BCUT2D eigenvalue weighted by molar-refractivity contribution is 0.319. The predicted molar refractivity (Wildman–Crippen MR) is 137 cm³/mol. The largest absolute Gasteiger partial charge is 0.493 e. The second-order valence-electron chi connectivity index (χ2n) is 8.76. The van der Waals surface area contributed by atoms with Crippen LogP contribution in [0.25, 0.3) is 11.5 Å². The molecule has 7 nitrogen and oxygen atoms in total. The maximum atomic E-state index is 6.00. The first-order valence-electron chi connectivity index (χ1n) is 12.4. The van der Waals surface area contributed by atoms with Crippen LogP contribution in [0.15, 0.2) is 88.0 Å². The van der Waals surface area contributed by atoms with Crippen molar-refractivity contribution in [2.75, 3.05) is 6.61 Å². The van der Waals surface area contributed by atoms with E-state index in [0.717, 1.165) is 47.6 Å². The van der Waals surface area contributed by atoms with E-state index >= 15 is 0 Å². The smallest absolute Gasteiger partial charge is 0.239 e. The minimum atomic E-state index is -0.0566. The van der Waals surface area contributed by atoms with Gasteiger partial charge in [-0.2, -0.15) is 0 Å². The van der Waals surface area contributed by atoms with E-state index in [1.807, 2.05) is 73.9 Å². The number of hydrogen-bond acceptors (Lipinski definition) is 6. The molecular weight excluding hydrogens is 452 g/mol. The summed E-state index contributed by atoms with van der Waals surface area (Å²) in [6, 6.07) is 22.1. The molecule has 0 fully saturated rings. The summed E-state index contributed by atoms with van der Waals surface area (Å²) in [6.45, 7) is 4.57. The van der Waals surface area contributed by atoms with Gasteiger partial charge < -0.3 is 18.1 Å². The van der Waals surface area contributed by atoms with Gasteiger partial charge in [0, 0.05) is 37.2 Å². The van der Waals surface area contributed by atoms with Crippen molar-refractivity contribution in [2.45, 2.75) is 45.6 Å². The third-order valence-corrected chi connectivity index (χ3v) is 6.09. The average Bonchev–Trinajstić information content (AvgIpc) is 3.67. The fraction of sp³-hybridized carbons (Fsp3) is 0.276. The molecule has 5 rings (SSSR count). The molecule has 0 aliphatic carbocycles. The number of rotatable bonds is 11. The van der Waals surface area contributed by atoms with Gasteiger partial charge in [-0.3, -0.25) is 0 Å². The molecule has 184 valence electrons. The minimum Gasteiger partial charge on any atom is -0.493 e. The van der Waals surface area contributed by atoms with Crippen LogP contribution in [0.2, 0.25) is 0 Å². The molecule has 1 atom stereocenters. The lowest BCUT2D eigenvalue weighted by Gasteiger charge is -2.16. The van der Waals surface area contributed by atoms with Crippen molar-refractivity contribution in [1.82, 2.24) is 19.7 Å². The van der Waals surface area contributed by atoms with Crippen LogP contribution >= 0.6 is 0 Å². The van der Waals surface area contributed by atoms with Gasteiger partial charge in [-0.15, -0.1) is 10.2 Å². The predicted octanol–water partition coefficient (Wildman–Crippen LogP) is 6.24. The van der Waals surface area contributed by atoms with Gasteiger partial charge in [0.25, 0.3) is 0 Å². The summed E-state index contributed by atoms with van der Waals surface area (Å²) >= 11 is 0. The molecule has 7 heteroatoms. The van der Waals surface area contributed by atoms with E-state index in [0.29, 0.717) is 30.7 Å². The van der Waals surface area contributed by atoms with Crippen molar-refractivity contribution in [3.05, 3.63) is 108 Å². The molecule has 0 spiro atoms. The second-order valence-corrected chi connectivity index (χ2v) is 8.76. The van der Waals surface area contributed by atoms with Crippen LogP contribution in [0.1, 0.15) is 48.2 Å². The number of ether oxygens (including phenoxy) is 1. The molecule has 0 aliphatic rings. The molecule has 0 saturated heterocycles. The molecule has 0 amide bonds. The van der Waals surface area contributed by atoms with Crippen LogP contribution in [0, 0.1) is 6.92 Å². The highest BCUT2D eigenvalue weighted by molar-refractivity contribution is 5.53. The number of benzene rings is 2. The van der Waals surface area contributed by atoms with Crippen molar-refractivity contribution in [3.63, 3.8) is 0 Å². The normalized spacial score (nSPS) is 12.1. The Morgan fingerprint density at radius 3 is 2.42 bits per heavy atom. The molecule has 0 aliphatic heterocycles. The Kier molecular flexibility index (Phi) is 7.26. The van der Waals surface area contributed by atoms with Crippen molar-refractivity contribution >= 4 is 0 Å². The summed E-state index contributed by atoms with van der Waals surface area (Å²) in [4.78, 5) is 4.66. The molecule has 0 N–H and O–H groups in total. The zero-order valence-electron chi connectivity index (χ0n) is 20.6. The SMILES string of the molecule is CCCc1nnc(C(Cc2ccc(OCCc3nc(-c4ccccc4)oc3C)cc2)n2cccc2)o1. The van der Waals surface area contributed by atoms with Crippen molar-refractivity contribution in [1.29, 1.82) is 0 Å². The Labute approximate surface area is 210 Å². The van der Waals surface area contributed by atoms with E-state index < -0.39 is 0 Å². The Bertz CT molecular complexity index is 1360. The highest BCUT2D eigenvalue weighted by Gasteiger charge is 2.20. The van der Waals surface area contributed by atoms with E-state index in [4.69, 9.17) is 13.6 Å². The van der Waals surface area contributed by atoms with Gasteiger partial charge in [0.1, 0.15) is 17.6 Å². The summed E-state index contributed by atoms with van der Waals surface area (Å²) in [7, 11) is 0. The summed E-state index contributed by atoms with van der Waals surface area (Å²) < 4.78 is 19.9. The molecule has 2 aromatic carbocycles. The molecule has 0 bridgehead atoms. The van der Waals surface area contributed by atoms with Gasteiger partial charge in [0.2, 0.25) is 17.7 Å². The van der Waals surface area contributed by atoms with Crippen LogP contribution in [-0.4, -0.2) is 26.4 Å². The van der Waals surface area contributed by atoms with Crippen molar-refractivity contribution < 1.29 is 13.6 Å². The molecule has 36 heavy (non-hydrogen) atoms. The Hall–Kier alpha value is -4.13. The lowest BCUT2D eigenvalue weighted by atomic mass is 10.1. The van der Waals surface area contributed by atoms with Gasteiger partial charge >= 0.3 is 0 Å². The van der Waals surface area contributed by atoms with E-state index in [9.17, 15) is 0 Å². The third kappa shape index (κ3) is 5.57. The fourth-order valence-electron chi connectivity index (χ4n) is 4.17. The number of aryl methyl sites for hydroxylation is 2. The highest BCUT2D eigenvalue weighted by Crippen LogP contribution is 2.25. The Morgan fingerprint density at radius 1 is 0.889 bits per heavy atom. The molecule has 0 radical (unpaired) electrons. The zero-order valence-corrected chi connectivity index (χ0v) is 20.6. The maximum Gasteiger partial charge on any atom is 0.239 e. The standard InChI is InChI=1S/C29H30N4O3/c1-3-9-27-31-32-29(36-27)26(33-17-7-8-18-33)20-22-12-14-24(15-13-22)34-19-16-25-21(2)35-28(30-25)23-10-5-4-6-11-23/h4-8,10-15,17-18,26H,3,9,16,19-20H2,1-2H3. The first-order valence-corrected chi connectivity index (χ1v) is 12.4. The van der Waals surface area contributed by atoms with Crippen molar-refractivity contribution in [2.24, 2.45) is 0 Å². The van der Waals surface area contributed by atoms with Gasteiger partial charge in [-0.25, -0.2) is 4.98 Å². The summed E-state index contributed by atoms with van der Waals surface area (Å²) in [5.41, 5.74) is 3.06. The number of nitrogens with zero attached hydrogens (tertiary/aromatic N) is 4. The van der Waals surface area contributed by atoms with E-state index in [-0.39, 0.29) is 6.04 Å². The molecule has 3 aromatic heterocycles. The highest BCUT2D eigenvalue weighted by atomic mass is 16.5. The fourth-order valence-corrected chi connectivity index (χ4v) is 4.17. The van der Waals surface area contributed by atoms with Crippen LogP contribution < -0.4 is 4.74 Å². The summed E-state index contributed by atoms with van der Waals surface area (Å²) in [6.07, 6.45) is 7.24. The molecule has 3 heterocycles. The second kappa shape index (κ2) is 11.1. The third-order valence-electron chi connectivity index (χ3n) is 6.09. The molecule has 5 aromatic rings. The monoisotopic (exact) mass is 482 g/mol. The summed E-state index contributed by atoms with van der Waals surface area (Å²) in [5.74, 6) is 3.61. The van der Waals surface area contributed by atoms with Crippen LogP contribution in [0.3, 0.4) is 0 Å². The average molecular weight is 483 g/mol. The molecule has 0 saturated carbocycles. The van der Waals surface area contributed by atoms with Crippen LogP contribution in [-0.2, 0) is 19.3 Å². The van der Waals surface area contributed by atoms with Gasteiger partial charge in [-0.05, 0) is 55.3 Å². The van der Waals surface area contributed by atoms with Gasteiger partial charge in [-0.1, -0.05) is 37.3 Å². The summed E-state index contributed by atoms with van der Waals surface area (Å²) in [5, 5.41) is 8.54. The van der Waals surface area contributed by atoms with E-state index in [1.165, 1.54) is 0 Å². The minimum absolute atomic E-state index is 0.0566. The van der Waals surface area contributed by atoms with Crippen molar-refractivity contribution in [3.8, 4) is 17.2 Å². The number of hydrogen-bond donors (Lipinski definition) is 0. The lowest BCUT2D eigenvalue weighted by Crippen LogP contribution is -2.12. The maximum absolute atomic E-state index is 6.00. The van der Waals surface area contributed by atoms with E-state index in [2.05, 4.69) is 38.8 Å². The topological polar surface area (TPSA) is 79.1 Å². The van der Waals surface area contributed by atoms with Gasteiger partial charge in [0.05, 0.1) is 12.3 Å². The Balaban J connectivity index is 1.20. The van der Waals surface area contributed by atoms with E-state index in [1.54, 1.807) is 0 Å².